The van der Waals surface area contributed by atoms with Gasteiger partial charge in [-0.2, -0.15) is 0 Å². The van der Waals surface area contributed by atoms with Gasteiger partial charge < -0.3 is 10.5 Å². The number of rotatable bonds is 4. The number of carbonyl (C=O) groups is 2. The van der Waals surface area contributed by atoms with Crippen molar-refractivity contribution in [1.82, 2.24) is 20.2 Å². The van der Waals surface area contributed by atoms with Crippen molar-refractivity contribution in [3.05, 3.63) is 5.82 Å². The second kappa shape index (κ2) is 4.49. The van der Waals surface area contributed by atoms with Crippen LogP contribution >= 0.6 is 0 Å². The van der Waals surface area contributed by atoms with Crippen LogP contribution in [0, 0.1) is 0 Å². The van der Waals surface area contributed by atoms with Crippen molar-refractivity contribution in [2.75, 3.05) is 6.61 Å². The third-order valence-electron chi connectivity index (χ3n) is 1.73. The molecule has 0 aliphatic rings. The van der Waals surface area contributed by atoms with Crippen LogP contribution in [-0.2, 0) is 9.53 Å². The molecule has 0 aliphatic carbocycles. The maximum atomic E-state index is 11.3. The maximum absolute atomic E-state index is 11.3. The normalized spacial score (nSPS) is 12.1. The summed E-state index contributed by atoms with van der Waals surface area (Å²) in [7, 11) is 0. The molecule has 0 bridgehead atoms. The van der Waals surface area contributed by atoms with E-state index in [4.69, 9.17) is 10.5 Å². The minimum absolute atomic E-state index is 0.136. The number of nitrogens with zero attached hydrogens (tertiary/aromatic N) is 4. The molecule has 0 saturated heterocycles. The lowest BCUT2D eigenvalue weighted by molar-refractivity contribution is -0.121. The molecular weight excluding hydrogens is 202 g/mol. The van der Waals surface area contributed by atoms with Gasteiger partial charge in [0.1, 0.15) is 6.04 Å². The van der Waals surface area contributed by atoms with Gasteiger partial charge in [-0.05, 0) is 24.3 Å². The predicted octanol–water partition coefficient (Wildman–Crippen LogP) is -1.10. The minimum atomic E-state index is -0.792. The van der Waals surface area contributed by atoms with E-state index >= 15 is 0 Å². The fraction of sp³-hybridized carbons (Fsp3) is 0.571. The molecule has 0 aromatic carbocycles. The summed E-state index contributed by atoms with van der Waals surface area (Å²) >= 11 is 0. The number of aromatic nitrogens is 4. The molecule has 1 heterocycles. The summed E-state index contributed by atoms with van der Waals surface area (Å²) in [6.45, 7) is 3.35. The van der Waals surface area contributed by atoms with Crippen LogP contribution in [0.2, 0.25) is 0 Å². The van der Waals surface area contributed by atoms with E-state index in [1.165, 1.54) is 6.92 Å². The van der Waals surface area contributed by atoms with E-state index in [0.717, 1.165) is 4.68 Å². The van der Waals surface area contributed by atoms with Crippen LogP contribution in [-0.4, -0.2) is 38.7 Å². The third-order valence-corrected chi connectivity index (χ3v) is 1.73. The SMILES string of the molecule is CCOC(=O)c1nnnn1C(C)C(N)=O. The molecule has 15 heavy (non-hydrogen) atoms. The number of tetrazole rings is 1. The lowest BCUT2D eigenvalue weighted by Gasteiger charge is -2.08. The Morgan fingerprint density at radius 2 is 2.27 bits per heavy atom. The zero-order chi connectivity index (χ0) is 11.4. The largest absolute Gasteiger partial charge is 0.460 e. The molecule has 0 spiro atoms. The van der Waals surface area contributed by atoms with Crippen LogP contribution in [0.1, 0.15) is 30.5 Å². The van der Waals surface area contributed by atoms with Gasteiger partial charge in [-0.3, -0.25) is 4.79 Å². The fourth-order valence-corrected chi connectivity index (χ4v) is 0.905. The van der Waals surface area contributed by atoms with Crippen molar-refractivity contribution < 1.29 is 14.3 Å². The molecule has 2 N–H and O–H groups in total. The number of esters is 1. The van der Waals surface area contributed by atoms with Crippen molar-refractivity contribution in [1.29, 1.82) is 0 Å². The van der Waals surface area contributed by atoms with Gasteiger partial charge in [-0.15, -0.1) is 5.10 Å². The Kier molecular flexibility index (Phi) is 3.32. The summed E-state index contributed by atoms with van der Waals surface area (Å²) in [4.78, 5) is 22.2. The Morgan fingerprint density at radius 1 is 1.60 bits per heavy atom. The Labute approximate surface area is 85.4 Å². The molecule has 1 atom stereocenters. The van der Waals surface area contributed by atoms with E-state index < -0.39 is 17.9 Å². The number of carbonyl (C=O) groups excluding carboxylic acids is 2. The second-order valence-corrected chi connectivity index (χ2v) is 2.75. The van der Waals surface area contributed by atoms with Crippen molar-refractivity contribution in [2.24, 2.45) is 5.73 Å². The van der Waals surface area contributed by atoms with Crippen LogP contribution in [0.15, 0.2) is 0 Å². The van der Waals surface area contributed by atoms with Crippen molar-refractivity contribution in [3.8, 4) is 0 Å². The van der Waals surface area contributed by atoms with Gasteiger partial charge in [-0.1, -0.05) is 0 Å². The monoisotopic (exact) mass is 213 g/mol. The lowest BCUT2D eigenvalue weighted by atomic mass is 10.3. The molecular formula is C7H11N5O3. The van der Waals surface area contributed by atoms with Crippen molar-refractivity contribution in [3.63, 3.8) is 0 Å². The molecule has 8 nitrogen and oxygen atoms in total. The van der Waals surface area contributed by atoms with E-state index in [0.29, 0.717) is 0 Å². The standard InChI is InChI=1S/C7H11N5O3/c1-3-15-7(14)6-9-10-11-12(6)4(2)5(8)13/h4H,3H2,1-2H3,(H2,8,13). The van der Waals surface area contributed by atoms with Gasteiger partial charge in [0, 0.05) is 0 Å². The average Bonchev–Trinajstić information content (AvgIpc) is 2.65. The number of amides is 1. The molecule has 1 rings (SSSR count). The Balaban J connectivity index is 2.96. The first kappa shape index (κ1) is 11.1. The second-order valence-electron chi connectivity index (χ2n) is 2.75. The summed E-state index contributed by atoms with van der Waals surface area (Å²) < 4.78 is 5.73. The van der Waals surface area contributed by atoms with Gasteiger partial charge >= 0.3 is 5.97 Å². The molecule has 0 saturated carbocycles. The fourth-order valence-electron chi connectivity index (χ4n) is 0.905. The molecule has 0 radical (unpaired) electrons. The molecule has 1 unspecified atom stereocenters. The van der Waals surface area contributed by atoms with E-state index in [9.17, 15) is 9.59 Å². The highest BCUT2D eigenvalue weighted by Gasteiger charge is 2.23. The van der Waals surface area contributed by atoms with Crippen LogP contribution in [0.5, 0.6) is 0 Å². The molecule has 0 aliphatic heterocycles. The lowest BCUT2D eigenvalue weighted by Crippen LogP contribution is -2.28. The van der Waals surface area contributed by atoms with Gasteiger partial charge in [0.15, 0.2) is 0 Å². The summed E-state index contributed by atoms with van der Waals surface area (Å²) in [6.07, 6.45) is 0. The van der Waals surface area contributed by atoms with Gasteiger partial charge in [0.2, 0.25) is 5.91 Å². The summed E-state index contributed by atoms with van der Waals surface area (Å²) in [5.41, 5.74) is 5.06. The van der Waals surface area contributed by atoms with Crippen LogP contribution in [0.3, 0.4) is 0 Å². The van der Waals surface area contributed by atoms with Gasteiger partial charge in [0.05, 0.1) is 6.61 Å². The Bertz CT molecular complexity index is 374. The highest BCUT2D eigenvalue weighted by Crippen LogP contribution is 2.05. The number of hydrogen-bond donors (Lipinski definition) is 1. The molecule has 82 valence electrons. The van der Waals surface area contributed by atoms with Gasteiger partial charge in [-0.25, -0.2) is 9.48 Å². The first-order valence-corrected chi connectivity index (χ1v) is 4.32. The Morgan fingerprint density at radius 3 is 2.80 bits per heavy atom. The first-order chi connectivity index (χ1) is 7.07. The topological polar surface area (TPSA) is 113 Å². The van der Waals surface area contributed by atoms with E-state index in [1.54, 1.807) is 6.92 Å². The third kappa shape index (κ3) is 2.27. The van der Waals surface area contributed by atoms with E-state index in [1.807, 2.05) is 0 Å². The smallest absolute Gasteiger partial charge is 0.378 e. The molecule has 1 aromatic rings. The van der Waals surface area contributed by atoms with Crippen LogP contribution in [0.4, 0.5) is 0 Å². The van der Waals surface area contributed by atoms with Crippen molar-refractivity contribution in [2.45, 2.75) is 19.9 Å². The molecule has 1 amide bonds. The predicted molar refractivity (Wildman–Crippen MR) is 47.7 cm³/mol. The summed E-state index contributed by atoms with van der Waals surface area (Å²) in [5.74, 6) is -1.45. The average molecular weight is 213 g/mol. The molecule has 8 heteroatoms. The highest BCUT2D eigenvalue weighted by molar-refractivity contribution is 5.86. The highest BCUT2D eigenvalue weighted by atomic mass is 16.5. The van der Waals surface area contributed by atoms with Crippen LogP contribution < -0.4 is 5.73 Å². The van der Waals surface area contributed by atoms with Crippen LogP contribution in [0.25, 0.3) is 0 Å². The zero-order valence-electron chi connectivity index (χ0n) is 8.38. The number of nitrogens with two attached hydrogens (primary N) is 1. The number of hydrogen-bond acceptors (Lipinski definition) is 6. The quantitative estimate of drug-likeness (QED) is 0.635. The van der Waals surface area contributed by atoms with Crippen molar-refractivity contribution >= 4 is 11.9 Å². The summed E-state index contributed by atoms with van der Waals surface area (Å²) in [6, 6.07) is -0.792. The van der Waals surface area contributed by atoms with E-state index in [2.05, 4.69) is 15.5 Å². The number of ether oxygens (including phenoxy) is 1. The maximum Gasteiger partial charge on any atom is 0.378 e. The van der Waals surface area contributed by atoms with Gasteiger partial charge in [0.25, 0.3) is 5.82 Å². The molecule has 0 fully saturated rings. The van der Waals surface area contributed by atoms with E-state index in [-0.39, 0.29) is 12.4 Å². The number of primary amides is 1. The summed E-state index contributed by atoms with van der Waals surface area (Å²) in [5, 5.41) is 10.2. The first-order valence-electron chi connectivity index (χ1n) is 4.32. The zero-order valence-corrected chi connectivity index (χ0v) is 8.38. The Hall–Kier alpha value is -1.99. The minimum Gasteiger partial charge on any atom is -0.460 e. The molecule has 1 aromatic heterocycles.